The summed E-state index contributed by atoms with van der Waals surface area (Å²) in [7, 11) is 1.46. The summed E-state index contributed by atoms with van der Waals surface area (Å²) in [4.78, 5) is 12.8. The molecule has 2 aromatic rings. The minimum absolute atomic E-state index is 0.0541. The Balaban J connectivity index is 2.03. The summed E-state index contributed by atoms with van der Waals surface area (Å²) < 4.78 is 43.0. The first kappa shape index (κ1) is 20.5. The van der Waals surface area contributed by atoms with Crippen molar-refractivity contribution in [2.75, 3.05) is 13.9 Å². The van der Waals surface area contributed by atoms with E-state index in [2.05, 4.69) is 0 Å². The lowest BCUT2D eigenvalue weighted by Gasteiger charge is -2.30. The van der Waals surface area contributed by atoms with Crippen molar-refractivity contribution in [2.24, 2.45) is 0 Å². The van der Waals surface area contributed by atoms with E-state index in [1.807, 2.05) is 0 Å². The minimum Gasteiger partial charge on any atom is -0.507 e. The summed E-state index contributed by atoms with van der Waals surface area (Å²) in [5.41, 5.74) is -0.141. The fraction of sp³-hybridized carbons (Fsp3) is 0.227. The molecule has 0 aliphatic carbocycles. The van der Waals surface area contributed by atoms with Crippen molar-refractivity contribution in [2.45, 2.75) is 19.4 Å². The third kappa shape index (κ3) is 4.63. The fourth-order valence-corrected chi connectivity index (χ4v) is 2.89. The number of rotatable bonds is 6. The minimum atomic E-state index is -0.757. The van der Waals surface area contributed by atoms with Gasteiger partial charge in [0.1, 0.15) is 40.0 Å². The summed E-state index contributed by atoms with van der Waals surface area (Å²) in [5, 5.41) is 10.5. The Labute approximate surface area is 166 Å². The third-order valence-electron chi connectivity index (χ3n) is 4.17. The first-order chi connectivity index (χ1) is 13.7. The van der Waals surface area contributed by atoms with Crippen LogP contribution >= 0.6 is 0 Å². The van der Waals surface area contributed by atoms with E-state index in [9.17, 15) is 18.7 Å². The highest BCUT2D eigenvalue weighted by Gasteiger charge is 2.30. The van der Waals surface area contributed by atoms with Crippen molar-refractivity contribution in [1.82, 2.24) is 0 Å². The van der Waals surface area contributed by atoms with Crippen LogP contribution in [-0.4, -0.2) is 30.4 Å². The van der Waals surface area contributed by atoms with Crippen molar-refractivity contribution in [1.29, 1.82) is 0 Å². The van der Waals surface area contributed by atoms with Gasteiger partial charge in [-0.2, -0.15) is 0 Å². The Bertz CT molecular complexity index is 988. The number of benzene rings is 2. The lowest BCUT2D eigenvalue weighted by Crippen LogP contribution is -2.28. The summed E-state index contributed by atoms with van der Waals surface area (Å²) in [5.74, 6) is -2.00. The standard InChI is InChI=1S/C22H20F2O5/c1-22(2)7-6-16-19(28-12-27-3)11-18(26)20(21(16)29-22)17(25)5-4-13-8-14(23)10-15(24)9-13/h4-11,26H,12H2,1-3H3/b5-4+. The van der Waals surface area contributed by atoms with Gasteiger partial charge >= 0.3 is 0 Å². The molecule has 29 heavy (non-hydrogen) atoms. The van der Waals surface area contributed by atoms with E-state index in [0.29, 0.717) is 11.3 Å². The number of carbonyl (C=O) groups is 1. The summed E-state index contributed by atoms with van der Waals surface area (Å²) in [6.07, 6.45) is 5.92. The smallest absolute Gasteiger partial charge is 0.193 e. The van der Waals surface area contributed by atoms with Crippen LogP contribution in [0.3, 0.4) is 0 Å². The van der Waals surface area contributed by atoms with Crippen molar-refractivity contribution < 1.29 is 32.9 Å². The van der Waals surface area contributed by atoms with Crippen molar-refractivity contribution in [3.63, 3.8) is 0 Å². The molecule has 0 amide bonds. The van der Waals surface area contributed by atoms with Gasteiger partial charge in [0, 0.05) is 19.2 Å². The van der Waals surface area contributed by atoms with Gasteiger partial charge in [-0.15, -0.1) is 0 Å². The molecule has 0 radical (unpaired) electrons. The lowest BCUT2D eigenvalue weighted by atomic mass is 9.96. The van der Waals surface area contributed by atoms with E-state index in [1.165, 1.54) is 19.3 Å². The first-order valence-corrected chi connectivity index (χ1v) is 8.78. The number of methoxy groups -OCH3 is 1. The number of halogens is 2. The number of phenolic OH excluding ortho intramolecular Hbond substituents is 1. The maximum absolute atomic E-state index is 13.3. The van der Waals surface area contributed by atoms with Crippen LogP contribution in [0.2, 0.25) is 0 Å². The SMILES string of the molecule is COCOc1cc(O)c(C(=O)/C=C/c2cc(F)cc(F)c2)c2c1C=CC(C)(C)O2. The number of hydrogen-bond acceptors (Lipinski definition) is 5. The van der Waals surface area contributed by atoms with Crippen molar-refractivity contribution in [3.05, 3.63) is 64.7 Å². The van der Waals surface area contributed by atoms with Gasteiger partial charge < -0.3 is 19.3 Å². The van der Waals surface area contributed by atoms with Crippen molar-refractivity contribution in [3.8, 4) is 17.2 Å². The Morgan fingerprint density at radius 1 is 1.21 bits per heavy atom. The van der Waals surface area contributed by atoms with Gasteiger partial charge in [0.15, 0.2) is 12.6 Å². The molecule has 1 heterocycles. The van der Waals surface area contributed by atoms with E-state index < -0.39 is 23.0 Å². The van der Waals surface area contributed by atoms with Crippen LogP contribution in [0.5, 0.6) is 17.2 Å². The summed E-state index contributed by atoms with van der Waals surface area (Å²) >= 11 is 0. The second kappa shape index (κ2) is 8.05. The van der Waals surface area contributed by atoms with E-state index in [4.69, 9.17) is 14.2 Å². The number of hydrogen-bond donors (Lipinski definition) is 1. The normalized spacial score (nSPS) is 14.5. The van der Waals surface area contributed by atoms with Gasteiger partial charge in [-0.1, -0.05) is 6.08 Å². The number of ether oxygens (including phenoxy) is 3. The molecule has 0 bridgehead atoms. The van der Waals surface area contributed by atoms with Crippen LogP contribution in [0.4, 0.5) is 8.78 Å². The topological polar surface area (TPSA) is 65.0 Å². The van der Waals surface area contributed by atoms with Gasteiger partial charge in [0.2, 0.25) is 0 Å². The maximum Gasteiger partial charge on any atom is 0.193 e. The molecule has 5 nitrogen and oxygen atoms in total. The average molecular weight is 402 g/mol. The quantitative estimate of drug-likeness (QED) is 0.430. The van der Waals surface area contributed by atoms with Gasteiger partial charge in [-0.05, 0) is 49.8 Å². The number of allylic oxidation sites excluding steroid dienone is 1. The highest BCUT2D eigenvalue weighted by atomic mass is 19.1. The number of ketones is 1. The first-order valence-electron chi connectivity index (χ1n) is 8.78. The predicted octanol–water partition coefficient (Wildman–Crippen LogP) is 4.73. The van der Waals surface area contributed by atoms with Crippen molar-refractivity contribution >= 4 is 17.9 Å². The monoisotopic (exact) mass is 402 g/mol. The second-order valence-electron chi connectivity index (χ2n) is 7.00. The number of fused-ring (bicyclic) bond motifs is 1. The fourth-order valence-electron chi connectivity index (χ4n) is 2.89. The third-order valence-corrected chi connectivity index (χ3v) is 4.17. The number of aromatic hydroxyl groups is 1. The number of phenols is 1. The molecular weight excluding hydrogens is 382 g/mol. The molecule has 1 aliphatic rings. The molecule has 0 saturated carbocycles. The maximum atomic E-state index is 13.3. The molecule has 0 unspecified atom stereocenters. The van der Waals surface area contributed by atoms with Gasteiger partial charge in [0.05, 0.1) is 5.56 Å². The molecule has 0 aromatic heterocycles. The van der Waals surface area contributed by atoms with Gasteiger partial charge in [-0.25, -0.2) is 8.78 Å². The summed E-state index contributed by atoms with van der Waals surface area (Å²) in [6, 6.07) is 4.22. The molecule has 3 rings (SSSR count). The molecule has 0 spiro atoms. The van der Waals surface area contributed by atoms with Gasteiger partial charge in [0.25, 0.3) is 0 Å². The van der Waals surface area contributed by atoms with Crippen LogP contribution < -0.4 is 9.47 Å². The van der Waals surface area contributed by atoms with Crippen LogP contribution in [0.1, 0.15) is 35.3 Å². The van der Waals surface area contributed by atoms with Crippen LogP contribution in [-0.2, 0) is 4.74 Å². The lowest BCUT2D eigenvalue weighted by molar-refractivity contribution is 0.0502. The molecule has 7 heteroatoms. The number of carbonyl (C=O) groups excluding carboxylic acids is 1. The zero-order valence-electron chi connectivity index (χ0n) is 16.2. The van der Waals surface area contributed by atoms with Crippen LogP contribution in [0, 0.1) is 11.6 Å². The Hall–Kier alpha value is -3.19. The average Bonchev–Trinajstić information content (AvgIpc) is 2.62. The molecule has 0 atom stereocenters. The molecular formula is C22H20F2O5. The highest BCUT2D eigenvalue weighted by molar-refractivity contribution is 6.11. The van der Waals surface area contributed by atoms with Gasteiger partial charge in [-0.3, -0.25) is 4.79 Å². The zero-order valence-corrected chi connectivity index (χ0v) is 16.2. The largest absolute Gasteiger partial charge is 0.507 e. The summed E-state index contributed by atoms with van der Waals surface area (Å²) in [6.45, 7) is 3.54. The molecule has 1 aliphatic heterocycles. The molecule has 0 fully saturated rings. The molecule has 0 saturated heterocycles. The predicted molar refractivity (Wildman–Crippen MR) is 104 cm³/mol. The molecule has 2 aromatic carbocycles. The molecule has 152 valence electrons. The van der Waals surface area contributed by atoms with E-state index >= 15 is 0 Å². The van der Waals surface area contributed by atoms with Crippen LogP contribution in [0.15, 0.2) is 36.4 Å². The second-order valence-corrected chi connectivity index (χ2v) is 7.00. The van der Waals surface area contributed by atoms with E-state index in [-0.39, 0.29) is 29.4 Å². The van der Waals surface area contributed by atoms with E-state index in [1.54, 1.807) is 26.0 Å². The Morgan fingerprint density at radius 3 is 2.55 bits per heavy atom. The molecule has 1 N–H and O–H groups in total. The highest BCUT2D eigenvalue weighted by Crippen LogP contribution is 2.44. The zero-order chi connectivity index (χ0) is 21.2. The Kier molecular flexibility index (Phi) is 5.70. The van der Waals surface area contributed by atoms with E-state index in [0.717, 1.165) is 24.3 Å². The Morgan fingerprint density at radius 2 is 1.90 bits per heavy atom. The van der Waals surface area contributed by atoms with Crippen LogP contribution in [0.25, 0.3) is 12.2 Å².